The second-order valence-electron chi connectivity index (χ2n) is 5.69. The van der Waals surface area contributed by atoms with Gasteiger partial charge in [-0.1, -0.05) is 42.5 Å². The normalized spacial score (nSPS) is 12.7. The molecule has 21 heavy (non-hydrogen) atoms. The molecule has 3 aromatic rings. The number of aryl methyl sites for hydroxylation is 1. The zero-order valence-corrected chi connectivity index (χ0v) is 13.2. The molecule has 0 fully saturated rings. The van der Waals surface area contributed by atoms with Crippen molar-refractivity contribution in [3.05, 3.63) is 70.6 Å². The van der Waals surface area contributed by atoms with Crippen molar-refractivity contribution >= 4 is 21.4 Å². The van der Waals surface area contributed by atoms with Crippen LogP contribution in [-0.4, -0.2) is 6.54 Å². The highest BCUT2D eigenvalue weighted by Crippen LogP contribution is 2.28. The van der Waals surface area contributed by atoms with E-state index in [1.165, 1.54) is 26.8 Å². The van der Waals surface area contributed by atoms with Gasteiger partial charge in [-0.25, -0.2) is 0 Å². The summed E-state index contributed by atoms with van der Waals surface area (Å²) in [4.78, 5) is 0. The van der Waals surface area contributed by atoms with Crippen LogP contribution in [0.1, 0.15) is 16.7 Å². The molecular weight excluding hydrogens is 274 g/mol. The van der Waals surface area contributed by atoms with Gasteiger partial charge in [0.15, 0.2) is 0 Å². The SMILES string of the molecule is Cc1ccccc1CC(CN)Cc1csc2ccccc12. The molecule has 0 bridgehead atoms. The topological polar surface area (TPSA) is 26.0 Å². The molecule has 0 radical (unpaired) electrons. The molecule has 0 spiro atoms. The van der Waals surface area contributed by atoms with Crippen LogP contribution >= 0.6 is 11.3 Å². The van der Waals surface area contributed by atoms with Crippen LogP contribution in [-0.2, 0) is 12.8 Å². The van der Waals surface area contributed by atoms with Crippen molar-refractivity contribution in [1.82, 2.24) is 0 Å². The van der Waals surface area contributed by atoms with Crippen LogP contribution in [0.4, 0.5) is 0 Å². The number of benzene rings is 2. The maximum absolute atomic E-state index is 6.03. The Morgan fingerprint density at radius 3 is 2.48 bits per heavy atom. The monoisotopic (exact) mass is 295 g/mol. The highest BCUT2D eigenvalue weighted by molar-refractivity contribution is 7.17. The molecule has 1 unspecified atom stereocenters. The predicted octanol–water partition coefficient (Wildman–Crippen LogP) is 4.57. The van der Waals surface area contributed by atoms with Crippen molar-refractivity contribution in [3.8, 4) is 0 Å². The van der Waals surface area contributed by atoms with Crippen LogP contribution in [0.2, 0.25) is 0 Å². The molecule has 0 aliphatic carbocycles. The smallest absolute Gasteiger partial charge is 0.0345 e. The van der Waals surface area contributed by atoms with Crippen molar-refractivity contribution in [2.24, 2.45) is 11.7 Å². The minimum atomic E-state index is 0.504. The van der Waals surface area contributed by atoms with E-state index in [4.69, 9.17) is 5.73 Å². The Kier molecular flexibility index (Phi) is 4.37. The molecule has 0 saturated heterocycles. The summed E-state index contributed by atoms with van der Waals surface area (Å²) in [6.07, 6.45) is 2.13. The lowest BCUT2D eigenvalue weighted by Gasteiger charge is -2.16. The third-order valence-corrected chi connectivity index (χ3v) is 5.19. The molecule has 1 aromatic heterocycles. The second kappa shape index (κ2) is 6.42. The van der Waals surface area contributed by atoms with Gasteiger partial charge in [0.25, 0.3) is 0 Å². The summed E-state index contributed by atoms with van der Waals surface area (Å²) < 4.78 is 1.37. The van der Waals surface area contributed by atoms with Gasteiger partial charge >= 0.3 is 0 Å². The van der Waals surface area contributed by atoms with Gasteiger partial charge in [0.05, 0.1) is 0 Å². The van der Waals surface area contributed by atoms with Crippen molar-refractivity contribution in [3.63, 3.8) is 0 Å². The van der Waals surface area contributed by atoms with E-state index in [1.54, 1.807) is 0 Å². The highest BCUT2D eigenvalue weighted by atomic mass is 32.1. The lowest BCUT2D eigenvalue weighted by Crippen LogP contribution is -2.19. The van der Waals surface area contributed by atoms with Crippen molar-refractivity contribution in [2.75, 3.05) is 6.54 Å². The second-order valence-corrected chi connectivity index (χ2v) is 6.60. The Balaban J connectivity index is 1.80. The summed E-state index contributed by atoms with van der Waals surface area (Å²) in [5, 5.41) is 3.69. The standard InChI is InChI=1S/C19H21NS/c1-14-6-2-3-7-16(14)10-15(12-20)11-17-13-21-19-9-5-4-8-18(17)19/h2-9,13,15H,10-12,20H2,1H3. The highest BCUT2D eigenvalue weighted by Gasteiger charge is 2.13. The lowest BCUT2D eigenvalue weighted by molar-refractivity contribution is 0.534. The van der Waals surface area contributed by atoms with E-state index in [-0.39, 0.29) is 0 Å². The molecule has 0 saturated carbocycles. The number of hydrogen-bond acceptors (Lipinski definition) is 2. The number of rotatable bonds is 5. The quantitative estimate of drug-likeness (QED) is 0.733. The maximum atomic E-state index is 6.03. The molecule has 1 atom stereocenters. The Hall–Kier alpha value is -1.64. The van der Waals surface area contributed by atoms with E-state index in [0.29, 0.717) is 5.92 Å². The largest absolute Gasteiger partial charge is 0.330 e. The summed E-state index contributed by atoms with van der Waals surface area (Å²) in [6, 6.07) is 17.3. The fourth-order valence-corrected chi connectivity index (χ4v) is 3.87. The minimum absolute atomic E-state index is 0.504. The van der Waals surface area contributed by atoms with Gasteiger partial charge in [-0.3, -0.25) is 0 Å². The van der Waals surface area contributed by atoms with Crippen molar-refractivity contribution in [1.29, 1.82) is 0 Å². The predicted molar refractivity (Wildman–Crippen MR) is 93.0 cm³/mol. The number of nitrogens with two attached hydrogens (primary N) is 1. The Morgan fingerprint density at radius 2 is 1.67 bits per heavy atom. The summed E-state index contributed by atoms with van der Waals surface area (Å²) in [6.45, 7) is 2.92. The lowest BCUT2D eigenvalue weighted by atomic mass is 9.91. The molecule has 3 rings (SSSR count). The van der Waals surface area contributed by atoms with Crippen LogP contribution in [0.5, 0.6) is 0 Å². The zero-order valence-electron chi connectivity index (χ0n) is 12.4. The summed E-state index contributed by atoms with van der Waals surface area (Å²) >= 11 is 1.84. The summed E-state index contributed by atoms with van der Waals surface area (Å²) in [5.74, 6) is 0.504. The van der Waals surface area contributed by atoms with Crippen LogP contribution in [0.25, 0.3) is 10.1 Å². The molecule has 1 heterocycles. The fraction of sp³-hybridized carbons (Fsp3) is 0.263. The van der Waals surface area contributed by atoms with Gasteiger partial charge in [0, 0.05) is 4.70 Å². The van der Waals surface area contributed by atoms with E-state index in [1.807, 2.05) is 11.3 Å². The molecular formula is C19H21NS. The average Bonchev–Trinajstić information content (AvgIpc) is 2.92. The van der Waals surface area contributed by atoms with Gasteiger partial charge in [-0.2, -0.15) is 0 Å². The molecule has 2 heteroatoms. The van der Waals surface area contributed by atoms with Crippen LogP contribution in [0.3, 0.4) is 0 Å². The maximum Gasteiger partial charge on any atom is 0.0345 e. The molecule has 108 valence electrons. The third-order valence-electron chi connectivity index (χ3n) is 4.17. The van der Waals surface area contributed by atoms with Crippen LogP contribution < -0.4 is 5.73 Å². The van der Waals surface area contributed by atoms with Crippen molar-refractivity contribution < 1.29 is 0 Å². The van der Waals surface area contributed by atoms with Crippen LogP contribution in [0.15, 0.2) is 53.9 Å². The first-order valence-corrected chi connectivity index (χ1v) is 8.35. The molecule has 0 aliphatic rings. The fourth-order valence-electron chi connectivity index (χ4n) is 2.89. The number of fused-ring (bicyclic) bond motifs is 1. The third kappa shape index (κ3) is 3.17. The molecule has 2 aromatic carbocycles. The van der Waals surface area contributed by atoms with Gasteiger partial charge in [-0.05, 0) is 65.8 Å². The number of hydrogen-bond donors (Lipinski definition) is 1. The van der Waals surface area contributed by atoms with Crippen molar-refractivity contribution in [2.45, 2.75) is 19.8 Å². The molecule has 0 aliphatic heterocycles. The Labute approximate surface area is 130 Å². The summed E-state index contributed by atoms with van der Waals surface area (Å²) in [7, 11) is 0. The first kappa shape index (κ1) is 14.3. The number of thiophene rings is 1. The first-order valence-electron chi connectivity index (χ1n) is 7.47. The van der Waals surface area contributed by atoms with E-state index >= 15 is 0 Å². The van der Waals surface area contributed by atoms with E-state index in [9.17, 15) is 0 Å². The Morgan fingerprint density at radius 1 is 0.952 bits per heavy atom. The van der Waals surface area contributed by atoms with Gasteiger partial charge in [0.1, 0.15) is 0 Å². The zero-order chi connectivity index (χ0) is 14.7. The van der Waals surface area contributed by atoms with Gasteiger partial charge in [-0.15, -0.1) is 11.3 Å². The van der Waals surface area contributed by atoms with E-state index in [2.05, 4.69) is 60.8 Å². The van der Waals surface area contributed by atoms with Gasteiger partial charge in [0.2, 0.25) is 0 Å². The first-order chi connectivity index (χ1) is 10.3. The van der Waals surface area contributed by atoms with Crippen LogP contribution in [0, 0.1) is 12.8 Å². The molecule has 1 nitrogen and oxygen atoms in total. The van der Waals surface area contributed by atoms with Gasteiger partial charge < -0.3 is 5.73 Å². The molecule has 2 N–H and O–H groups in total. The van der Waals surface area contributed by atoms with E-state index < -0.39 is 0 Å². The molecule has 0 amide bonds. The minimum Gasteiger partial charge on any atom is -0.330 e. The summed E-state index contributed by atoms with van der Waals surface area (Å²) in [5.41, 5.74) is 10.3. The Bertz CT molecular complexity index is 729. The van der Waals surface area contributed by atoms with E-state index in [0.717, 1.165) is 19.4 Å². The average molecular weight is 295 g/mol.